The number of hydrogen-bond acceptors (Lipinski definition) is 7. The highest BCUT2D eigenvalue weighted by Crippen LogP contribution is 2.28. The summed E-state index contributed by atoms with van der Waals surface area (Å²) in [6.07, 6.45) is -0.860. The van der Waals surface area contributed by atoms with E-state index in [-0.39, 0.29) is 37.6 Å². The largest absolute Gasteiger partial charge is 0.502 e. The molecule has 0 aliphatic carbocycles. The van der Waals surface area contributed by atoms with Gasteiger partial charge in [0.25, 0.3) is 11.8 Å². The Morgan fingerprint density at radius 3 is 2.73 bits per heavy atom. The molecule has 1 aromatic heterocycles. The number of nitrogens with one attached hydrogen (secondary N) is 1. The molecule has 3 amide bonds. The first-order valence-corrected chi connectivity index (χ1v) is 9.70. The van der Waals surface area contributed by atoms with Gasteiger partial charge in [0.15, 0.2) is 11.4 Å². The molecule has 0 radical (unpaired) electrons. The standard InChI is InChI=1S/C20H18F2N4O7/c1-32-5-4-24-9-25-20(31)33-8-13-14(16(27)17(28)15(19(24)30)26(13)25)18(29)23-7-10-2-3-11(21)6-12(10)22/h2-3,6,28H,4-5,7-9H2,1H3,(H,23,29). The van der Waals surface area contributed by atoms with Gasteiger partial charge in [0.2, 0.25) is 5.43 Å². The number of cyclic esters (lactones) is 1. The van der Waals surface area contributed by atoms with Crippen LogP contribution in [0.4, 0.5) is 13.6 Å². The van der Waals surface area contributed by atoms with Crippen LogP contribution in [-0.4, -0.2) is 59.5 Å². The summed E-state index contributed by atoms with van der Waals surface area (Å²) in [6.45, 7) is -0.984. The molecule has 33 heavy (non-hydrogen) atoms. The van der Waals surface area contributed by atoms with Crippen molar-refractivity contribution in [2.24, 2.45) is 0 Å². The number of hydrogen-bond donors (Lipinski definition) is 2. The quantitative estimate of drug-likeness (QED) is 0.633. The lowest BCUT2D eigenvalue weighted by Gasteiger charge is -2.41. The minimum absolute atomic E-state index is 0.0438. The van der Waals surface area contributed by atoms with Crippen LogP contribution in [0.1, 0.15) is 32.1 Å². The van der Waals surface area contributed by atoms with Crippen molar-refractivity contribution >= 4 is 17.9 Å². The number of aromatic hydroxyl groups is 1. The lowest BCUT2D eigenvalue weighted by molar-refractivity contribution is 0.0562. The van der Waals surface area contributed by atoms with Crippen molar-refractivity contribution < 1.29 is 37.7 Å². The molecule has 4 rings (SSSR count). The van der Waals surface area contributed by atoms with Crippen LogP contribution >= 0.6 is 0 Å². The summed E-state index contributed by atoms with van der Waals surface area (Å²) in [5.41, 5.74) is -2.40. The van der Waals surface area contributed by atoms with Crippen LogP contribution in [-0.2, 0) is 22.6 Å². The summed E-state index contributed by atoms with van der Waals surface area (Å²) in [5.74, 6) is -4.46. The fraction of sp³-hybridized carbons (Fsp3) is 0.300. The molecule has 0 bridgehead atoms. The molecule has 11 nitrogen and oxygen atoms in total. The summed E-state index contributed by atoms with van der Waals surface area (Å²) in [6, 6.07) is 2.78. The highest BCUT2D eigenvalue weighted by Gasteiger charge is 2.42. The van der Waals surface area contributed by atoms with Gasteiger partial charge < -0.3 is 24.8 Å². The molecule has 0 saturated heterocycles. The highest BCUT2D eigenvalue weighted by molar-refractivity contribution is 6.02. The second-order valence-corrected chi connectivity index (χ2v) is 7.24. The molecule has 0 atom stereocenters. The fourth-order valence-electron chi connectivity index (χ4n) is 3.61. The Morgan fingerprint density at radius 2 is 2.03 bits per heavy atom. The molecule has 1 aromatic carbocycles. The van der Waals surface area contributed by atoms with Crippen molar-refractivity contribution in [3.05, 3.63) is 62.6 Å². The number of nitrogens with zero attached hydrogens (tertiary/aromatic N) is 3. The molecule has 2 aromatic rings. The number of ether oxygens (including phenoxy) is 2. The Kier molecular flexibility index (Phi) is 5.72. The van der Waals surface area contributed by atoms with Gasteiger partial charge in [0, 0.05) is 31.8 Å². The first-order valence-electron chi connectivity index (χ1n) is 9.70. The van der Waals surface area contributed by atoms with Crippen molar-refractivity contribution in [1.82, 2.24) is 14.9 Å². The molecule has 2 aliphatic heterocycles. The van der Waals surface area contributed by atoms with Crippen LogP contribution in [0.2, 0.25) is 0 Å². The smallest absolute Gasteiger partial charge is 0.431 e. The molecule has 0 spiro atoms. The maximum Gasteiger partial charge on any atom is 0.431 e. The van der Waals surface area contributed by atoms with E-state index in [0.29, 0.717) is 6.07 Å². The van der Waals surface area contributed by atoms with E-state index in [1.807, 2.05) is 0 Å². The van der Waals surface area contributed by atoms with E-state index in [1.54, 1.807) is 0 Å². The minimum atomic E-state index is -1.16. The van der Waals surface area contributed by atoms with Crippen molar-refractivity contribution in [3.63, 3.8) is 0 Å². The van der Waals surface area contributed by atoms with Gasteiger partial charge in [-0.25, -0.2) is 18.3 Å². The summed E-state index contributed by atoms with van der Waals surface area (Å²) >= 11 is 0. The van der Waals surface area contributed by atoms with Crippen molar-refractivity contribution in [2.45, 2.75) is 13.2 Å². The monoisotopic (exact) mass is 464 g/mol. The van der Waals surface area contributed by atoms with Crippen LogP contribution < -0.4 is 15.8 Å². The lowest BCUT2D eigenvalue weighted by Crippen LogP contribution is -2.60. The van der Waals surface area contributed by atoms with Gasteiger partial charge >= 0.3 is 6.09 Å². The zero-order valence-electron chi connectivity index (χ0n) is 17.3. The fourth-order valence-corrected chi connectivity index (χ4v) is 3.61. The predicted octanol–water partition coefficient (Wildman–Crippen LogP) is 0.410. The summed E-state index contributed by atoms with van der Waals surface area (Å²) in [7, 11) is 1.42. The second kappa shape index (κ2) is 8.50. The van der Waals surface area contributed by atoms with Crippen LogP contribution in [0.3, 0.4) is 0 Å². The third kappa shape index (κ3) is 3.75. The molecular formula is C20H18F2N4O7. The van der Waals surface area contributed by atoms with Crippen LogP contribution in [0.5, 0.6) is 5.75 Å². The minimum Gasteiger partial charge on any atom is -0.502 e. The summed E-state index contributed by atoms with van der Waals surface area (Å²) in [4.78, 5) is 52.1. The van der Waals surface area contributed by atoms with E-state index in [2.05, 4.69) is 5.32 Å². The maximum absolute atomic E-state index is 13.9. The Balaban J connectivity index is 1.74. The number of halogens is 2. The van der Waals surface area contributed by atoms with Crippen molar-refractivity contribution in [3.8, 4) is 5.75 Å². The molecule has 0 unspecified atom stereocenters. The zero-order valence-corrected chi connectivity index (χ0v) is 17.3. The number of carbonyl (C=O) groups is 3. The van der Waals surface area contributed by atoms with Crippen LogP contribution in [0, 0.1) is 11.6 Å². The first-order chi connectivity index (χ1) is 15.7. The van der Waals surface area contributed by atoms with E-state index >= 15 is 0 Å². The Bertz CT molecular complexity index is 1230. The molecule has 2 aliphatic rings. The number of carbonyl (C=O) groups excluding carboxylic acids is 3. The SMILES string of the molecule is COCCN1CN2C(=O)OCc3c(C(=O)NCc4ccc(F)cc4F)c(=O)c(O)c(n32)C1=O. The van der Waals surface area contributed by atoms with Gasteiger partial charge in [-0.3, -0.25) is 14.4 Å². The van der Waals surface area contributed by atoms with Crippen LogP contribution in [0.15, 0.2) is 23.0 Å². The maximum atomic E-state index is 13.9. The van der Waals surface area contributed by atoms with Gasteiger partial charge in [-0.2, -0.15) is 5.01 Å². The van der Waals surface area contributed by atoms with E-state index in [9.17, 15) is 33.1 Å². The topological polar surface area (TPSA) is 130 Å². The molecule has 174 valence electrons. The number of rotatable bonds is 6. The summed E-state index contributed by atoms with van der Waals surface area (Å²) in [5, 5.41) is 13.8. The predicted molar refractivity (Wildman–Crippen MR) is 106 cm³/mol. The van der Waals surface area contributed by atoms with Gasteiger partial charge in [-0.05, 0) is 6.07 Å². The Hall–Kier alpha value is -4.00. The third-order valence-corrected chi connectivity index (χ3v) is 5.25. The van der Waals surface area contributed by atoms with Crippen molar-refractivity contribution in [1.29, 1.82) is 0 Å². The summed E-state index contributed by atoms with van der Waals surface area (Å²) < 4.78 is 37.9. The highest BCUT2D eigenvalue weighted by atomic mass is 19.1. The van der Waals surface area contributed by atoms with E-state index in [4.69, 9.17) is 9.47 Å². The number of methoxy groups -OCH3 is 1. The Labute approximate surface area is 184 Å². The van der Waals surface area contributed by atoms with Crippen LogP contribution in [0.25, 0.3) is 0 Å². The third-order valence-electron chi connectivity index (χ3n) is 5.25. The van der Waals surface area contributed by atoms with Gasteiger partial charge in [-0.1, -0.05) is 6.07 Å². The van der Waals surface area contributed by atoms with Gasteiger partial charge in [-0.15, -0.1) is 0 Å². The molecule has 0 saturated carbocycles. The molecule has 0 fully saturated rings. The molecule has 2 N–H and O–H groups in total. The first kappa shape index (κ1) is 22.2. The number of pyridine rings is 1. The van der Waals surface area contributed by atoms with Gasteiger partial charge in [0.05, 0.1) is 12.3 Å². The average molecular weight is 464 g/mol. The molecular weight excluding hydrogens is 446 g/mol. The number of benzene rings is 1. The van der Waals surface area contributed by atoms with E-state index < -0.39 is 58.6 Å². The van der Waals surface area contributed by atoms with Crippen molar-refractivity contribution in [2.75, 3.05) is 31.9 Å². The zero-order chi connectivity index (χ0) is 23.9. The molecule has 3 heterocycles. The normalized spacial score (nSPS) is 14.8. The Morgan fingerprint density at radius 1 is 1.27 bits per heavy atom. The van der Waals surface area contributed by atoms with Gasteiger partial charge in [0.1, 0.15) is 30.5 Å². The average Bonchev–Trinajstić information content (AvgIpc) is 2.78. The molecule has 13 heteroatoms. The lowest BCUT2D eigenvalue weighted by atomic mass is 10.1. The number of aromatic nitrogens is 1. The van der Waals surface area contributed by atoms with E-state index in [0.717, 1.165) is 21.8 Å². The number of amides is 3. The van der Waals surface area contributed by atoms with E-state index in [1.165, 1.54) is 12.0 Å². The second-order valence-electron chi connectivity index (χ2n) is 7.24.